The normalized spacial score (nSPS) is 14.7. The van der Waals surface area contributed by atoms with E-state index in [0.717, 1.165) is 30.0 Å². The zero-order chi connectivity index (χ0) is 14.8. The van der Waals surface area contributed by atoms with Crippen LogP contribution in [0.3, 0.4) is 0 Å². The lowest BCUT2D eigenvalue weighted by atomic mass is 10.1. The molecule has 0 amide bonds. The zero-order valence-electron chi connectivity index (χ0n) is 12.7. The average molecular weight is 301 g/mol. The Morgan fingerprint density at radius 2 is 2.00 bits per heavy atom. The van der Waals surface area contributed by atoms with E-state index in [1.165, 1.54) is 29.7 Å². The molecule has 2 heterocycles. The molecule has 2 aromatic rings. The highest BCUT2D eigenvalue weighted by Gasteiger charge is 2.21. The molecule has 1 aliphatic heterocycles. The zero-order valence-corrected chi connectivity index (χ0v) is 13.5. The number of rotatable bonds is 2. The Balaban J connectivity index is 2.16. The van der Waals surface area contributed by atoms with E-state index in [-0.39, 0.29) is 0 Å². The van der Waals surface area contributed by atoms with Crippen LogP contribution in [0.1, 0.15) is 35.2 Å². The van der Waals surface area contributed by atoms with Gasteiger partial charge in [0, 0.05) is 23.5 Å². The molecular formula is C18H21ClN2. The van der Waals surface area contributed by atoms with Gasteiger partial charge in [-0.2, -0.15) is 0 Å². The summed E-state index contributed by atoms with van der Waals surface area (Å²) in [5, 5.41) is 0. The van der Waals surface area contributed by atoms with Gasteiger partial charge in [-0.1, -0.05) is 18.2 Å². The highest BCUT2D eigenvalue weighted by Crippen LogP contribution is 2.35. The molecule has 2 nitrogen and oxygen atoms in total. The number of anilines is 2. The van der Waals surface area contributed by atoms with Crippen LogP contribution in [0.4, 0.5) is 11.5 Å². The smallest absolute Gasteiger partial charge is 0.137 e. The quantitative estimate of drug-likeness (QED) is 0.732. The minimum Gasteiger partial charge on any atom is -0.326 e. The van der Waals surface area contributed by atoms with Crippen molar-refractivity contribution in [3.8, 4) is 0 Å². The van der Waals surface area contributed by atoms with E-state index < -0.39 is 0 Å². The first-order chi connectivity index (χ1) is 10.2. The molecule has 0 saturated carbocycles. The summed E-state index contributed by atoms with van der Waals surface area (Å²) in [5.74, 6) is 1.55. The van der Waals surface area contributed by atoms with Crippen molar-refractivity contribution in [3.05, 3.63) is 52.7 Å². The molecule has 0 saturated heterocycles. The SMILES string of the molecule is Cc1cc(C)c(CCl)c(N2CCCCc3ccccc32)n1. The third-order valence-corrected chi connectivity index (χ3v) is 4.47. The van der Waals surface area contributed by atoms with Crippen LogP contribution in [0, 0.1) is 13.8 Å². The third-order valence-electron chi connectivity index (χ3n) is 4.20. The number of halogens is 1. The van der Waals surface area contributed by atoms with Gasteiger partial charge in [0.25, 0.3) is 0 Å². The summed E-state index contributed by atoms with van der Waals surface area (Å²) in [6.45, 7) is 5.19. The fourth-order valence-corrected chi connectivity index (χ4v) is 3.47. The minimum atomic E-state index is 0.507. The monoisotopic (exact) mass is 300 g/mol. The van der Waals surface area contributed by atoms with Gasteiger partial charge in [-0.3, -0.25) is 0 Å². The maximum atomic E-state index is 6.21. The van der Waals surface area contributed by atoms with E-state index in [4.69, 9.17) is 16.6 Å². The Morgan fingerprint density at radius 3 is 2.81 bits per heavy atom. The van der Waals surface area contributed by atoms with E-state index >= 15 is 0 Å². The minimum absolute atomic E-state index is 0.507. The van der Waals surface area contributed by atoms with Crippen LogP contribution in [0.15, 0.2) is 30.3 Å². The number of fused-ring (bicyclic) bond motifs is 1. The maximum absolute atomic E-state index is 6.21. The molecule has 0 aliphatic carbocycles. The number of alkyl halides is 1. The van der Waals surface area contributed by atoms with Gasteiger partial charge in [0.2, 0.25) is 0 Å². The van der Waals surface area contributed by atoms with Crippen molar-refractivity contribution >= 4 is 23.1 Å². The molecule has 1 aromatic carbocycles. The molecule has 110 valence electrons. The molecule has 0 atom stereocenters. The number of hydrogen-bond acceptors (Lipinski definition) is 2. The molecule has 0 fully saturated rings. The fourth-order valence-electron chi connectivity index (χ4n) is 3.14. The molecule has 1 aliphatic rings. The molecule has 3 heteroatoms. The Bertz CT molecular complexity index is 652. The van der Waals surface area contributed by atoms with E-state index in [9.17, 15) is 0 Å². The first-order valence-electron chi connectivity index (χ1n) is 7.59. The van der Waals surface area contributed by atoms with E-state index in [2.05, 4.69) is 49.1 Å². The van der Waals surface area contributed by atoms with Crippen LogP contribution in [-0.4, -0.2) is 11.5 Å². The van der Waals surface area contributed by atoms with Gasteiger partial charge in [-0.25, -0.2) is 4.98 Å². The van der Waals surface area contributed by atoms with Gasteiger partial charge in [0.05, 0.1) is 5.88 Å². The van der Waals surface area contributed by atoms with E-state index in [1.807, 2.05) is 0 Å². The predicted octanol–water partition coefficient (Wildman–Crippen LogP) is 4.91. The molecule has 0 N–H and O–H groups in total. The number of pyridine rings is 1. The molecule has 3 rings (SSSR count). The van der Waals surface area contributed by atoms with Crippen molar-refractivity contribution in [1.29, 1.82) is 0 Å². The van der Waals surface area contributed by atoms with Gasteiger partial charge in [-0.15, -0.1) is 11.6 Å². The molecule has 1 aromatic heterocycles. The summed E-state index contributed by atoms with van der Waals surface area (Å²) in [5.41, 5.74) is 6.14. The largest absolute Gasteiger partial charge is 0.326 e. The lowest BCUT2D eigenvalue weighted by Crippen LogP contribution is -2.21. The Hall–Kier alpha value is -1.54. The van der Waals surface area contributed by atoms with Crippen molar-refractivity contribution in [2.45, 2.75) is 39.0 Å². The molecule has 0 spiro atoms. The van der Waals surface area contributed by atoms with Crippen LogP contribution >= 0.6 is 11.6 Å². The third kappa shape index (κ3) is 2.77. The summed E-state index contributed by atoms with van der Waals surface area (Å²) < 4.78 is 0. The Morgan fingerprint density at radius 1 is 1.19 bits per heavy atom. The van der Waals surface area contributed by atoms with Crippen molar-refractivity contribution in [1.82, 2.24) is 4.98 Å². The number of para-hydroxylation sites is 1. The second-order valence-electron chi connectivity index (χ2n) is 5.75. The standard InChI is InChI=1S/C18H21ClN2/c1-13-11-14(2)20-18(16(13)12-19)21-10-6-5-8-15-7-3-4-9-17(15)21/h3-4,7,9,11H,5-6,8,10,12H2,1-2H3. The van der Waals surface area contributed by atoms with E-state index in [0.29, 0.717) is 5.88 Å². The van der Waals surface area contributed by atoms with Gasteiger partial charge in [0.1, 0.15) is 5.82 Å². The second-order valence-corrected chi connectivity index (χ2v) is 6.02. The van der Waals surface area contributed by atoms with Crippen molar-refractivity contribution in [2.24, 2.45) is 0 Å². The molecule has 0 unspecified atom stereocenters. The van der Waals surface area contributed by atoms with Crippen LogP contribution in [-0.2, 0) is 12.3 Å². The maximum Gasteiger partial charge on any atom is 0.137 e. The van der Waals surface area contributed by atoms with Crippen molar-refractivity contribution in [3.63, 3.8) is 0 Å². The summed E-state index contributed by atoms with van der Waals surface area (Å²) in [6, 6.07) is 10.8. The topological polar surface area (TPSA) is 16.1 Å². The highest BCUT2D eigenvalue weighted by atomic mass is 35.5. The van der Waals surface area contributed by atoms with Crippen LogP contribution in [0.25, 0.3) is 0 Å². The fraction of sp³-hybridized carbons (Fsp3) is 0.389. The summed E-state index contributed by atoms with van der Waals surface area (Å²) in [7, 11) is 0. The molecule has 21 heavy (non-hydrogen) atoms. The molecule has 0 radical (unpaired) electrons. The number of benzene rings is 1. The lowest BCUT2D eigenvalue weighted by molar-refractivity contribution is 0.755. The predicted molar refractivity (Wildman–Crippen MR) is 89.7 cm³/mol. The summed E-state index contributed by atoms with van der Waals surface area (Å²) in [6.07, 6.45) is 3.56. The van der Waals surface area contributed by atoms with Crippen LogP contribution in [0.5, 0.6) is 0 Å². The number of aromatic nitrogens is 1. The van der Waals surface area contributed by atoms with Gasteiger partial charge < -0.3 is 4.90 Å². The molecular weight excluding hydrogens is 280 g/mol. The molecule has 0 bridgehead atoms. The highest BCUT2D eigenvalue weighted by molar-refractivity contribution is 6.17. The van der Waals surface area contributed by atoms with Crippen molar-refractivity contribution < 1.29 is 0 Å². The van der Waals surface area contributed by atoms with Gasteiger partial charge in [0.15, 0.2) is 0 Å². The number of nitrogens with zero attached hydrogens (tertiary/aromatic N) is 2. The summed E-state index contributed by atoms with van der Waals surface area (Å²) in [4.78, 5) is 7.17. The summed E-state index contributed by atoms with van der Waals surface area (Å²) >= 11 is 6.21. The first kappa shape index (κ1) is 14.4. The second kappa shape index (κ2) is 6.07. The Kier molecular flexibility index (Phi) is 4.16. The number of hydrogen-bond donors (Lipinski definition) is 0. The van der Waals surface area contributed by atoms with Gasteiger partial charge >= 0.3 is 0 Å². The Labute approximate surface area is 131 Å². The van der Waals surface area contributed by atoms with Crippen molar-refractivity contribution in [2.75, 3.05) is 11.4 Å². The first-order valence-corrected chi connectivity index (χ1v) is 8.12. The number of aryl methyl sites for hydroxylation is 3. The average Bonchev–Trinajstić information content (AvgIpc) is 2.68. The van der Waals surface area contributed by atoms with Gasteiger partial charge in [-0.05, 0) is 56.4 Å². The van der Waals surface area contributed by atoms with E-state index in [1.54, 1.807) is 0 Å². The lowest BCUT2D eigenvalue weighted by Gasteiger charge is -2.27. The van der Waals surface area contributed by atoms with Crippen LogP contribution < -0.4 is 4.90 Å². The van der Waals surface area contributed by atoms with Crippen LogP contribution in [0.2, 0.25) is 0 Å².